The van der Waals surface area contributed by atoms with E-state index in [0.29, 0.717) is 0 Å². The van der Waals surface area contributed by atoms with Crippen molar-refractivity contribution in [3.63, 3.8) is 0 Å². The summed E-state index contributed by atoms with van der Waals surface area (Å²) < 4.78 is 10.8. The van der Waals surface area contributed by atoms with Crippen molar-refractivity contribution in [3.8, 4) is 0 Å². The Labute approximate surface area is 67.2 Å². The lowest BCUT2D eigenvalue weighted by molar-refractivity contribution is -0.166. The van der Waals surface area contributed by atoms with Crippen LogP contribution in [0.3, 0.4) is 0 Å². The number of hydrogen-bond acceptors (Lipinski definition) is 2. The van der Waals surface area contributed by atoms with Gasteiger partial charge in [0.05, 0.1) is 5.60 Å². The van der Waals surface area contributed by atoms with Crippen LogP contribution >= 0.6 is 0 Å². The minimum absolute atomic E-state index is 0.0445. The van der Waals surface area contributed by atoms with Gasteiger partial charge in [-0.05, 0) is 19.3 Å². The molecule has 0 bridgehead atoms. The summed E-state index contributed by atoms with van der Waals surface area (Å²) in [6.07, 6.45) is 4.33. The lowest BCUT2D eigenvalue weighted by Gasteiger charge is -2.39. The molecule has 1 saturated carbocycles. The molecular weight excluding hydrogens is 140 g/mol. The Balaban J connectivity index is 1.94. The van der Waals surface area contributed by atoms with Gasteiger partial charge in [-0.1, -0.05) is 12.2 Å². The van der Waals surface area contributed by atoms with Gasteiger partial charge in [0, 0.05) is 13.5 Å². The summed E-state index contributed by atoms with van der Waals surface area (Å²) in [7, 11) is 1.71. The lowest BCUT2D eigenvalue weighted by atomic mass is 9.75. The Kier molecular flexibility index (Phi) is 1.55. The van der Waals surface area contributed by atoms with Crippen molar-refractivity contribution in [2.75, 3.05) is 7.11 Å². The summed E-state index contributed by atoms with van der Waals surface area (Å²) in [6.45, 7) is 3.91. The van der Waals surface area contributed by atoms with Gasteiger partial charge in [0.15, 0.2) is 6.29 Å². The third-order valence-electron chi connectivity index (χ3n) is 2.62. The summed E-state index contributed by atoms with van der Waals surface area (Å²) in [5, 5.41) is 0. The van der Waals surface area contributed by atoms with E-state index in [1.54, 1.807) is 7.11 Å². The van der Waals surface area contributed by atoms with Crippen molar-refractivity contribution in [2.45, 2.75) is 37.6 Å². The van der Waals surface area contributed by atoms with Crippen LogP contribution in [-0.2, 0) is 9.47 Å². The van der Waals surface area contributed by atoms with Crippen molar-refractivity contribution < 1.29 is 9.47 Å². The third-order valence-corrected chi connectivity index (χ3v) is 2.62. The molecule has 1 heterocycles. The molecule has 1 aliphatic carbocycles. The Morgan fingerprint density at radius 1 is 1.64 bits per heavy atom. The van der Waals surface area contributed by atoms with Crippen LogP contribution in [0, 0.1) is 0 Å². The van der Waals surface area contributed by atoms with Crippen LogP contribution in [0.5, 0.6) is 0 Å². The summed E-state index contributed by atoms with van der Waals surface area (Å²) in [5.74, 6) is 0. The molecule has 11 heavy (non-hydrogen) atoms. The van der Waals surface area contributed by atoms with E-state index in [-0.39, 0.29) is 11.9 Å². The topological polar surface area (TPSA) is 18.5 Å². The van der Waals surface area contributed by atoms with Crippen LogP contribution in [0.4, 0.5) is 0 Å². The summed E-state index contributed by atoms with van der Waals surface area (Å²) in [6, 6.07) is 0. The molecule has 0 aromatic rings. The second kappa shape index (κ2) is 2.32. The summed E-state index contributed by atoms with van der Waals surface area (Å²) >= 11 is 0. The second-order valence-electron chi connectivity index (χ2n) is 3.61. The van der Waals surface area contributed by atoms with Gasteiger partial charge < -0.3 is 9.47 Å². The first-order chi connectivity index (χ1) is 5.24. The van der Waals surface area contributed by atoms with E-state index < -0.39 is 0 Å². The zero-order chi connectivity index (χ0) is 7.90. The van der Waals surface area contributed by atoms with Crippen molar-refractivity contribution in [1.29, 1.82) is 0 Å². The highest BCUT2D eigenvalue weighted by atomic mass is 16.7. The highest BCUT2D eigenvalue weighted by Crippen LogP contribution is 2.48. The van der Waals surface area contributed by atoms with Crippen LogP contribution in [0.25, 0.3) is 0 Å². The van der Waals surface area contributed by atoms with E-state index in [0.717, 1.165) is 25.7 Å². The fourth-order valence-corrected chi connectivity index (χ4v) is 2.06. The Morgan fingerprint density at radius 2 is 2.36 bits per heavy atom. The molecule has 0 aromatic carbocycles. The standard InChI is InChI=1S/C9H14O2/c1-7-5-9(6-7)4-3-8(10-2)11-9/h8H,1,3-6H2,2H3/t8-/m1/s1. The van der Waals surface area contributed by atoms with Crippen molar-refractivity contribution in [2.24, 2.45) is 0 Å². The number of rotatable bonds is 1. The first-order valence-electron chi connectivity index (χ1n) is 4.11. The van der Waals surface area contributed by atoms with Crippen molar-refractivity contribution in [3.05, 3.63) is 12.2 Å². The Morgan fingerprint density at radius 3 is 2.82 bits per heavy atom. The van der Waals surface area contributed by atoms with Crippen molar-refractivity contribution >= 4 is 0 Å². The van der Waals surface area contributed by atoms with Gasteiger partial charge in [-0.15, -0.1) is 0 Å². The Hall–Kier alpha value is -0.340. The van der Waals surface area contributed by atoms with Gasteiger partial charge in [0.1, 0.15) is 0 Å². The van der Waals surface area contributed by atoms with Crippen LogP contribution in [-0.4, -0.2) is 19.0 Å². The van der Waals surface area contributed by atoms with E-state index in [1.807, 2.05) is 0 Å². The van der Waals surface area contributed by atoms with Gasteiger partial charge in [-0.2, -0.15) is 0 Å². The molecule has 62 valence electrons. The number of ether oxygens (including phenoxy) is 2. The maximum atomic E-state index is 5.72. The monoisotopic (exact) mass is 154 g/mol. The number of hydrogen-bond donors (Lipinski definition) is 0. The molecule has 0 unspecified atom stereocenters. The normalized spacial score (nSPS) is 34.3. The first-order valence-corrected chi connectivity index (χ1v) is 4.11. The molecule has 0 aromatic heterocycles. The second-order valence-corrected chi connectivity index (χ2v) is 3.61. The third kappa shape index (κ3) is 1.10. The Bertz CT molecular complexity index is 178. The van der Waals surface area contributed by atoms with E-state index in [9.17, 15) is 0 Å². The quantitative estimate of drug-likeness (QED) is 0.537. The van der Waals surface area contributed by atoms with E-state index in [2.05, 4.69) is 6.58 Å². The van der Waals surface area contributed by atoms with Crippen LogP contribution in [0.1, 0.15) is 25.7 Å². The highest BCUT2D eigenvalue weighted by Gasteiger charge is 2.46. The molecular formula is C9H14O2. The molecule has 0 N–H and O–H groups in total. The van der Waals surface area contributed by atoms with E-state index in [1.165, 1.54) is 5.57 Å². The van der Waals surface area contributed by atoms with Gasteiger partial charge in [-0.3, -0.25) is 0 Å². The van der Waals surface area contributed by atoms with Gasteiger partial charge in [0.2, 0.25) is 0 Å². The molecule has 0 amide bonds. The van der Waals surface area contributed by atoms with Gasteiger partial charge in [-0.25, -0.2) is 0 Å². The predicted molar refractivity (Wildman–Crippen MR) is 42.2 cm³/mol. The largest absolute Gasteiger partial charge is 0.356 e. The lowest BCUT2D eigenvalue weighted by Crippen LogP contribution is -2.38. The summed E-state index contributed by atoms with van der Waals surface area (Å²) in [5.41, 5.74) is 1.46. The van der Waals surface area contributed by atoms with Crippen LogP contribution in [0.2, 0.25) is 0 Å². The first kappa shape index (κ1) is 7.32. The minimum Gasteiger partial charge on any atom is -0.356 e. The fraction of sp³-hybridized carbons (Fsp3) is 0.778. The molecule has 2 heteroatoms. The molecule has 1 atom stereocenters. The van der Waals surface area contributed by atoms with E-state index in [4.69, 9.17) is 9.47 Å². The molecule has 2 rings (SSSR count). The average molecular weight is 154 g/mol. The van der Waals surface area contributed by atoms with Crippen molar-refractivity contribution in [1.82, 2.24) is 0 Å². The molecule has 2 fully saturated rings. The molecule has 1 aliphatic heterocycles. The molecule has 2 aliphatic rings. The van der Waals surface area contributed by atoms with Gasteiger partial charge >= 0.3 is 0 Å². The van der Waals surface area contributed by atoms with Gasteiger partial charge in [0.25, 0.3) is 0 Å². The SMILES string of the molecule is C=C1CC2(CC[C@H](OC)O2)C1. The molecule has 2 nitrogen and oxygen atoms in total. The fourth-order valence-electron chi connectivity index (χ4n) is 2.06. The number of methoxy groups -OCH3 is 1. The summed E-state index contributed by atoms with van der Waals surface area (Å²) in [4.78, 5) is 0. The predicted octanol–water partition coefficient (Wildman–Crippen LogP) is 1.86. The van der Waals surface area contributed by atoms with Crippen LogP contribution in [0.15, 0.2) is 12.2 Å². The maximum absolute atomic E-state index is 5.72. The van der Waals surface area contributed by atoms with E-state index >= 15 is 0 Å². The maximum Gasteiger partial charge on any atom is 0.158 e. The average Bonchev–Trinajstić information content (AvgIpc) is 2.31. The molecule has 1 saturated heterocycles. The zero-order valence-corrected chi connectivity index (χ0v) is 6.93. The van der Waals surface area contributed by atoms with Crippen LogP contribution < -0.4 is 0 Å². The zero-order valence-electron chi connectivity index (χ0n) is 6.93. The smallest absolute Gasteiger partial charge is 0.158 e. The molecule has 0 radical (unpaired) electrons. The molecule has 1 spiro atoms. The minimum atomic E-state index is 0.0445. The highest BCUT2D eigenvalue weighted by molar-refractivity contribution is 5.18.